The Labute approximate surface area is 149 Å². The fraction of sp³-hybridized carbons (Fsp3) is 0.130. The molecule has 2 nitrogen and oxygen atoms in total. The van der Waals surface area contributed by atoms with Crippen LogP contribution in [0.1, 0.15) is 12.5 Å². The van der Waals surface area contributed by atoms with Gasteiger partial charge in [0.05, 0.1) is 5.70 Å². The second-order valence-electron chi connectivity index (χ2n) is 6.44. The summed E-state index contributed by atoms with van der Waals surface area (Å²) in [4.78, 5) is 4.64. The molecule has 0 N–H and O–H groups in total. The van der Waals surface area contributed by atoms with Gasteiger partial charge in [0.15, 0.2) is 0 Å². The van der Waals surface area contributed by atoms with Gasteiger partial charge in [-0.1, -0.05) is 72.8 Å². The van der Waals surface area contributed by atoms with Gasteiger partial charge in [0.1, 0.15) is 6.17 Å². The van der Waals surface area contributed by atoms with Crippen molar-refractivity contribution in [3.8, 4) is 11.1 Å². The van der Waals surface area contributed by atoms with E-state index in [1.807, 2.05) is 0 Å². The zero-order chi connectivity index (χ0) is 17.2. The van der Waals surface area contributed by atoms with Crippen LogP contribution in [0.2, 0.25) is 0 Å². The van der Waals surface area contributed by atoms with Gasteiger partial charge in [-0.25, -0.2) is 0 Å². The molecule has 1 aliphatic heterocycles. The third kappa shape index (κ3) is 2.91. The zero-order valence-electron chi connectivity index (χ0n) is 14.6. The van der Waals surface area contributed by atoms with Crippen LogP contribution in [0.25, 0.3) is 16.8 Å². The van der Waals surface area contributed by atoms with Gasteiger partial charge in [0, 0.05) is 18.9 Å². The minimum atomic E-state index is 0.297. The highest BCUT2D eigenvalue weighted by Crippen LogP contribution is 2.33. The van der Waals surface area contributed by atoms with E-state index in [2.05, 4.69) is 115 Å². The molecule has 0 saturated carbocycles. The standard InChI is InChI=1S/C23H22N2/c1-18-24(2)23(17-25(18)22-11-7-4-8-12-22)21-15-13-20(14-16-21)19-9-5-3-6-10-19/h3-18H,1-2H3. The molecule has 25 heavy (non-hydrogen) atoms. The molecule has 0 spiro atoms. The van der Waals surface area contributed by atoms with E-state index in [4.69, 9.17) is 0 Å². The van der Waals surface area contributed by atoms with E-state index >= 15 is 0 Å². The van der Waals surface area contributed by atoms with E-state index in [1.54, 1.807) is 0 Å². The number of hydrogen-bond donors (Lipinski definition) is 0. The van der Waals surface area contributed by atoms with Crippen molar-refractivity contribution in [3.63, 3.8) is 0 Å². The Morgan fingerprint density at radius 3 is 1.80 bits per heavy atom. The first-order chi connectivity index (χ1) is 12.2. The van der Waals surface area contributed by atoms with Gasteiger partial charge in [0.25, 0.3) is 0 Å². The van der Waals surface area contributed by atoms with Gasteiger partial charge in [-0.3, -0.25) is 0 Å². The van der Waals surface area contributed by atoms with Crippen LogP contribution in [-0.4, -0.2) is 18.1 Å². The number of anilines is 1. The van der Waals surface area contributed by atoms with E-state index in [1.165, 1.54) is 28.1 Å². The Bertz CT molecular complexity index is 867. The predicted octanol–water partition coefficient (Wildman–Crippen LogP) is 5.45. The summed E-state index contributed by atoms with van der Waals surface area (Å²) in [6.45, 7) is 2.23. The Balaban J connectivity index is 1.65. The molecular formula is C23H22N2. The lowest BCUT2D eigenvalue weighted by atomic mass is 10.0. The van der Waals surface area contributed by atoms with Gasteiger partial charge in [-0.15, -0.1) is 0 Å². The topological polar surface area (TPSA) is 6.48 Å². The number of benzene rings is 3. The van der Waals surface area contributed by atoms with E-state index in [9.17, 15) is 0 Å². The lowest BCUT2D eigenvalue weighted by Gasteiger charge is -2.28. The molecule has 0 bridgehead atoms. The molecule has 3 aromatic rings. The van der Waals surface area contributed by atoms with Crippen molar-refractivity contribution in [2.45, 2.75) is 13.1 Å². The fourth-order valence-corrected chi connectivity index (χ4v) is 3.35. The minimum absolute atomic E-state index is 0.297. The third-order valence-electron chi connectivity index (χ3n) is 4.95. The van der Waals surface area contributed by atoms with Crippen molar-refractivity contribution in [1.82, 2.24) is 4.90 Å². The summed E-state index contributed by atoms with van der Waals surface area (Å²) in [6, 6.07) is 29.9. The average molecular weight is 326 g/mol. The Hall–Kier alpha value is -3.00. The molecule has 0 aromatic heterocycles. The highest BCUT2D eigenvalue weighted by Gasteiger charge is 2.27. The molecular weight excluding hydrogens is 304 g/mol. The molecule has 0 saturated heterocycles. The summed E-state index contributed by atoms with van der Waals surface area (Å²) in [5.41, 5.74) is 6.21. The molecule has 0 radical (unpaired) electrons. The molecule has 1 aliphatic rings. The van der Waals surface area contributed by atoms with E-state index in [0.717, 1.165) is 0 Å². The molecule has 124 valence electrons. The van der Waals surface area contributed by atoms with Gasteiger partial charge in [0.2, 0.25) is 0 Å². The molecule has 4 rings (SSSR count). The summed E-state index contributed by atoms with van der Waals surface area (Å²) >= 11 is 0. The molecule has 2 heteroatoms. The highest BCUT2D eigenvalue weighted by atomic mass is 15.4. The Morgan fingerprint density at radius 1 is 0.640 bits per heavy atom. The average Bonchev–Trinajstić information content (AvgIpc) is 2.98. The van der Waals surface area contributed by atoms with Crippen molar-refractivity contribution >= 4 is 11.4 Å². The number of nitrogens with zero attached hydrogens (tertiary/aromatic N) is 2. The summed E-state index contributed by atoms with van der Waals surface area (Å²) in [5, 5.41) is 0. The lowest BCUT2D eigenvalue weighted by Crippen LogP contribution is -2.34. The Kier molecular flexibility index (Phi) is 4.02. The van der Waals surface area contributed by atoms with Crippen LogP contribution in [0.3, 0.4) is 0 Å². The van der Waals surface area contributed by atoms with Crippen molar-refractivity contribution in [2.75, 3.05) is 11.9 Å². The van der Waals surface area contributed by atoms with Crippen LogP contribution in [0.5, 0.6) is 0 Å². The van der Waals surface area contributed by atoms with Gasteiger partial charge >= 0.3 is 0 Å². The SMILES string of the molecule is CC1N(C)C(c2ccc(-c3ccccc3)cc2)=CN1c1ccccc1. The summed E-state index contributed by atoms with van der Waals surface area (Å²) in [6.07, 6.45) is 2.54. The lowest BCUT2D eigenvalue weighted by molar-refractivity contribution is 0.399. The first-order valence-electron chi connectivity index (χ1n) is 8.68. The second kappa shape index (κ2) is 6.48. The van der Waals surface area contributed by atoms with Crippen LogP contribution in [0, 0.1) is 0 Å². The largest absolute Gasteiger partial charge is 0.353 e. The van der Waals surface area contributed by atoms with Crippen LogP contribution in [-0.2, 0) is 0 Å². The fourth-order valence-electron chi connectivity index (χ4n) is 3.35. The number of hydrogen-bond acceptors (Lipinski definition) is 2. The molecule has 3 aromatic carbocycles. The van der Waals surface area contributed by atoms with Gasteiger partial charge in [-0.05, 0) is 35.7 Å². The molecule has 0 fully saturated rings. The number of para-hydroxylation sites is 1. The van der Waals surface area contributed by atoms with Crippen LogP contribution >= 0.6 is 0 Å². The second-order valence-corrected chi connectivity index (χ2v) is 6.44. The summed E-state index contributed by atoms with van der Waals surface area (Å²) in [5.74, 6) is 0. The van der Waals surface area contributed by atoms with E-state index in [0.29, 0.717) is 6.17 Å². The molecule has 0 aliphatic carbocycles. The maximum Gasteiger partial charge on any atom is 0.103 e. The summed E-state index contributed by atoms with van der Waals surface area (Å²) < 4.78 is 0. The molecule has 1 heterocycles. The van der Waals surface area contributed by atoms with E-state index < -0.39 is 0 Å². The molecule has 1 unspecified atom stereocenters. The monoisotopic (exact) mass is 326 g/mol. The first-order valence-corrected chi connectivity index (χ1v) is 8.68. The third-order valence-corrected chi connectivity index (χ3v) is 4.95. The van der Waals surface area contributed by atoms with Crippen molar-refractivity contribution in [2.24, 2.45) is 0 Å². The minimum Gasteiger partial charge on any atom is -0.353 e. The van der Waals surface area contributed by atoms with Crippen molar-refractivity contribution in [1.29, 1.82) is 0 Å². The van der Waals surface area contributed by atoms with Gasteiger partial charge < -0.3 is 9.80 Å². The summed E-state index contributed by atoms with van der Waals surface area (Å²) in [7, 11) is 2.16. The maximum atomic E-state index is 2.32. The van der Waals surface area contributed by atoms with Crippen LogP contribution in [0.4, 0.5) is 5.69 Å². The smallest absolute Gasteiger partial charge is 0.103 e. The normalized spacial score (nSPS) is 16.9. The van der Waals surface area contributed by atoms with Crippen molar-refractivity contribution < 1.29 is 0 Å². The highest BCUT2D eigenvalue weighted by molar-refractivity contribution is 5.74. The van der Waals surface area contributed by atoms with Crippen LogP contribution < -0.4 is 4.90 Å². The zero-order valence-corrected chi connectivity index (χ0v) is 14.6. The van der Waals surface area contributed by atoms with Gasteiger partial charge in [-0.2, -0.15) is 0 Å². The van der Waals surface area contributed by atoms with E-state index in [-0.39, 0.29) is 0 Å². The quantitative estimate of drug-likeness (QED) is 0.631. The predicted molar refractivity (Wildman–Crippen MR) is 106 cm³/mol. The molecule has 0 amide bonds. The van der Waals surface area contributed by atoms with Crippen LogP contribution in [0.15, 0.2) is 91.1 Å². The Morgan fingerprint density at radius 2 is 1.16 bits per heavy atom. The molecule has 1 atom stereocenters. The first kappa shape index (κ1) is 15.5. The maximum absolute atomic E-state index is 2.32. The number of rotatable bonds is 3. The van der Waals surface area contributed by atoms with Crippen molar-refractivity contribution in [3.05, 3.63) is 96.7 Å².